The van der Waals surface area contributed by atoms with Gasteiger partial charge in [-0.2, -0.15) is 0 Å². The first kappa shape index (κ1) is 8.45. The van der Waals surface area contributed by atoms with Crippen LogP contribution in [0.15, 0.2) is 17.6 Å². The van der Waals surface area contributed by atoms with E-state index in [0.29, 0.717) is 5.16 Å². The molecule has 6 heteroatoms. The first-order chi connectivity index (χ1) is 5.24. The molecule has 0 spiro atoms. The van der Waals surface area contributed by atoms with Gasteiger partial charge in [0.1, 0.15) is 0 Å². The number of halogens is 2. The van der Waals surface area contributed by atoms with Crippen molar-refractivity contribution in [2.75, 3.05) is 6.26 Å². The van der Waals surface area contributed by atoms with E-state index < -0.39 is 7.27 Å². The molecule has 0 amide bonds. The Labute approximate surface area is 67.6 Å². The largest absolute Gasteiger partial charge is 0.575 e. The van der Waals surface area contributed by atoms with Crippen molar-refractivity contribution in [3.8, 4) is 0 Å². The van der Waals surface area contributed by atoms with E-state index in [-0.39, 0.29) is 5.46 Å². The molecule has 1 aromatic heterocycles. The molecule has 0 aliphatic carbocycles. The zero-order valence-electron chi connectivity index (χ0n) is 5.79. The second kappa shape index (κ2) is 3.66. The predicted molar refractivity (Wildman–Crippen MR) is 41.4 cm³/mol. The van der Waals surface area contributed by atoms with Gasteiger partial charge in [-0.15, -0.1) is 0 Å². The van der Waals surface area contributed by atoms with Crippen molar-refractivity contribution in [3.63, 3.8) is 0 Å². The lowest BCUT2D eigenvalue weighted by atomic mass is 9.89. The van der Waals surface area contributed by atoms with Crippen LogP contribution >= 0.6 is 11.8 Å². The van der Waals surface area contributed by atoms with E-state index in [0.717, 1.165) is 12.4 Å². The van der Waals surface area contributed by atoms with Gasteiger partial charge in [0.2, 0.25) is 0 Å². The SMILES string of the molecule is CSc1ncc(B(F)F)cn1. The monoisotopic (exact) mass is 174 g/mol. The first-order valence-electron chi connectivity index (χ1n) is 2.88. The third-order valence-corrected chi connectivity index (χ3v) is 1.66. The van der Waals surface area contributed by atoms with Crippen LogP contribution in [-0.2, 0) is 0 Å². The predicted octanol–water partition coefficient (Wildman–Crippen LogP) is 0.833. The molecule has 0 aliphatic heterocycles. The lowest BCUT2D eigenvalue weighted by Crippen LogP contribution is -2.21. The highest BCUT2D eigenvalue weighted by atomic mass is 32.2. The molecular weight excluding hydrogens is 169 g/mol. The van der Waals surface area contributed by atoms with E-state index in [4.69, 9.17) is 0 Å². The fourth-order valence-corrected chi connectivity index (χ4v) is 0.861. The summed E-state index contributed by atoms with van der Waals surface area (Å²) in [6, 6.07) is 0. The fraction of sp³-hybridized carbons (Fsp3) is 0.200. The molecule has 0 atom stereocenters. The highest BCUT2D eigenvalue weighted by molar-refractivity contribution is 7.98. The Hall–Kier alpha value is -0.645. The minimum Gasteiger partial charge on any atom is -0.281 e. The van der Waals surface area contributed by atoms with Crippen LogP contribution in [0, 0.1) is 0 Å². The van der Waals surface area contributed by atoms with E-state index in [9.17, 15) is 8.63 Å². The van der Waals surface area contributed by atoms with Crippen LogP contribution in [0.2, 0.25) is 0 Å². The maximum Gasteiger partial charge on any atom is 0.575 e. The Morgan fingerprint density at radius 3 is 2.27 bits per heavy atom. The summed E-state index contributed by atoms with van der Waals surface area (Å²) < 4.78 is 23.8. The molecule has 0 N–H and O–H groups in total. The average Bonchev–Trinajstić information content (AvgIpc) is 2.05. The Balaban J connectivity index is 2.83. The summed E-state index contributed by atoms with van der Waals surface area (Å²) in [5.74, 6) is 0. The van der Waals surface area contributed by atoms with Crippen molar-refractivity contribution in [3.05, 3.63) is 12.4 Å². The van der Waals surface area contributed by atoms with Gasteiger partial charge in [-0.1, -0.05) is 11.8 Å². The van der Waals surface area contributed by atoms with Gasteiger partial charge in [0.25, 0.3) is 0 Å². The molecule has 1 heterocycles. The van der Waals surface area contributed by atoms with Gasteiger partial charge in [-0.05, 0) is 6.26 Å². The van der Waals surface area contributed by atoms with Gasteiger partial charge in [0, 0.05) is 17.9 Å². The molecule has 0 aromatic carbocycles. The van der Waals surface area contributed by atoms with Gasteiger partial charge < -0.3 is 0 Å². The molecule has 58 valence electrons. The molecule has 0 bridgehead atoms. The molecule has 11 heavy (non-hydrogen) atoms. The van der Waals surface area contributed by atoms with Crippen LogP contribution in [0.4, 0.5) is 8.63 Å². The number of nitrogens with zero attached hydrogens (tertiary/aromatic N) is 2. The van der Waals surface area contributed by atoms with Gasteiger partial charge in [-0.3, -0.25) is 8.63 Å². The molecular formula is C5H5BF2N2S. The van der Waals surface area contributed by atoms with Crippen molar-refractivity contribution in [2.24, 2.45) is 0 Å². The highest BCUT2D eigenvalue weighted by Gasteiger charge is 2.16. The van der Waals surface area contributed by atoms with E-state index in [2.05, 4.69) is 9.97 Å². The second-order valence-electron chi connectivity index (χ2n) is 1.80. The Morgan fingerprint density at radius 2 is 1.91 bits per heavy atom. The summed E-state index contributed by atoms with van der Waals surface area (Å²) in [4.78, 5) is 7.38. The quantitative estimate of drug-likeness (QED) is 0.377. The van der Waals surface area contributed by atoms with Gasteiger partial charge in [-0.25, -0.2) is 9.97 Å². The standard InChI is InChI=1S/C5H5BF2N2S/c1-11-5-9-2-4(3-10-5)6(7)8/h2-3H,1H3. The summed E-state index contributed by atoms with van der Waals surface area (Å²) >= 11 is 1.32. The van der Waals surface area contributed by atoms with Crippen molar-refractivity contribution in [2.45, 2.75) is 5.16 Å². The second-order valence-corrected chi connectivity index (χ2v) is 2.58. The van der Waals surface area contributed by atoms with Gasteiger partial charge in [0.15, 0.2) is 5.16 Å². The Kier molecular flexibility index (Phi) is 2.81. The summed E-state index contributed by atoms with van der Waals surface area (Å²) in [7, 11) is -2.48. The molecule has 2 nitrogen and oxygen atoms in total. The smallest absolute Gasteiger partial charge is 0.281 e. The zero-order valence-corrected chi connectivity index (χ0v) is 6.61. The molecule has 0 fully saturated rings. The number of thioether (sulfide) groups is 1. The topological polar surface area (TPSA) is 25.8 Å². The van der Waals surface area contributed by atoms with Crippen LogP contribution in [-0.4, -0.2) is 23.5 Å². The summed E-state index contributed by atoms with van der Waals surface area (Å²) in [6.07, 6.45) is 4.07. The lowest BCUT2D eigenvalue weighted by molar-refractivity contribution is 0.683. The minimum absolute atomic E-state index is 0.136. The maximum atomic E-state index is 11.9. The first-order valence-corrected chi connectivity index (χ1v) is 4.10. The van der Waals surface area contributed by atoms with Crippen molar-refractivity contribution < 1.29 is 8.63 Å². The fourth-order valence-electron chi connectivity index (χ4n) is 0.544. The molecule has 1 rings (SSSR count). The maximum absolute atomic E-state index is 11.9. The third kappa shape index (κ3) is 2.15. The van der Waals surface area contributed by atoms with Gasteiger partial charge >= 0.3 is 7.27 Å². The van der Waals surface area contributed by atoms with E-state index in [1.807, 2.05) is 0 Å². The number of hydrogen-bond donors (Lipinski definition) is 0. The van der Waals surface area contributed by atoms with Crippen molar-refractivity contribution >= 4 is 24.5 Å². The van der Waals surface area contributed by atoms with Crippen LogP contribution in [0.3, 0.4) is 0 Å². The lowest BCUT2D eigenvalue weighted by Gasteiger charge is -1.95. The molecule has 0 radical (unpaired) electrons. The van der Waals surface area contributed by atoms with E-state index >= 15 is 0 Å². The van der Waals surface area contributed by atoms with Crippen LogP contribution in [0.5, 0.6) is 0 Å². The summed E-state index contributed by atoms with van der Waals surface area (Å²) in [6.45, 7) is 0. The highest BCUT2D eigenvalue weighted by Crippen LogP contribution is 2.03. The van der Waals surface area contributed by atoms with Crippen LogP contribution in [0.25, 0.3) is 0 Å². The van der Waals surface area contributed by atoms with Crippen molar-refractivity contribution in [1.29, 1.82) is 0 Å². The summed E-state index contributed by atoms with van der Waals surface area (Å²) in [5, 5.41) is 0.509. The van der Waals surface area contributed by atoms with Gasteiger partial charge in [0.05, 0.1) is 0 Å². The van der Waals surface area contributed by atoms with Crippen LogP contribution in [0.1, 0.15) is 0 Å². The van der Waals surface area contributed by atoms with Crippen molar-refractivity contribution in [1.82, 2.24) is 9.97 Å². The number of aromatic nitrogens is 2. The Morgan fingerprint density at radius 1 is 1.36 bits per heavy atom. The molecule has 0 unspecified atom stereocenters. The third-order valence-electron chi connectivity index (χ3n) is 1.08. The Bertz CT molecular complexity index is 228. The molecule has 0 saturated carbocycles. The zero-order chi connectivity index (χ0) is 8.27. The number of hydrogen-bond acceptors (Lipinski definition) is 3. The molecule has 0 aliphatic rings. The number of rotatable bonds is 2. The molecule has 0 saturated heterocycles. The minimum atomic E-state index is -2.48. The van der Waals surface area contributed by atoms with Crippen LogP contribution < -0.4 is 5.46 Å². The van der Waals surface area contributed by atoms with E-state index in [1.54, 1.807) is 6.26 Å². The summed E-state index contributed by atoms with van der Waals surface area (Å²) in [5.41, 5.74) is -0.136. The molecule has 1 aromatic rings. The average molecular weight is 174 g/mol. The normalized spacial score (nSPS) is 9.73. The van der Waals surface area contributed by atoms with E-state index in [1.165, 1.54) is 11.8 Å².